The van der Waals surface area contributed by atoms with Gasteiger partial charge in [-0.15, -0.1) is 0 Å². The predicted octanol–water partition coefficient (Wildman–Crippen LogP) is 4.31. The van der Waals surface area contributed by atoms with Crippen molar-refractivity contribution in [3.63, 3.8) is 0 Å². The van der Waals surface area contributed by atoms with Crippen LogP contribution in [-0.2, 0) is 0 Å². The van der Waals surface area contributed by atoms with Crippen LogP contribution < -0.4 is 14.5 Å². The fourth-order valence-electron chi connectivity index (χ4n) is 4.15. The summed E-state index contributed by atoms with van der Waals surface area (Å²) in [6.45, 7) is 3.28. The fraction of sp³-hybridized carbons (Fsp3) is 0.208. The molecule has 162 valence electrons. The van der Waals surface area contributed by atoms with Crippen LogP contribution in [0.4, 0.5) is 11.5 Å². The Bertz CT molecular complexity index is 1260. The maximum Gasteiger partial charge on any atom is 0.155 e. The number of carbonyl (C=O) groups excluding carboxylic acids is 1. The van der Waals surface area contributed by atoms with Crippen molar-refractivity contribution in [1.29, 1.82) is 0 Å². The van der Waals surface area contributed by atoms with E-state index in [1.54, 1.807) is 24.0 Å². The van der Waals surface area contributed by atoms with E-state index < -0.39 is 0 Å². The maximum absolute atomic E-state index is 12.1. The summed E-state index contributed by atoms with van der Waals surface area (Å²) in [5.74, 6) is 1.64. The average molecular weight is 492 g/mol. The highest BCUT2D eigenvalue weighted by Gasteiger charge is 2.24. The number of rotatable bonds is 5. The van der Waals surface area contributed by atoms with Crippen molar-refractivity contribution in [2.75, 3.05) is 43.1 Å². The number of carbonyl (C=O) groups is 1. The van der Waals surface area contributed by atoms with E-state index in [0.29, 0.717) is 11.3 Å². The van der Waals surface area contributed by atoms with Crippen molar-refractivity contribution < 1.29 is 9.53 Å². The second kappa shape index (κ2) is 8.63. The fourth-order valence-corrected chi connectivity index (χ4v) is 4.42. The Morgan fingerprint density at radius 1 is 1.03 bits per heavy atom. The van der Waals surface area contributed by atoms with Crippen molar-refractivity contribution in [2.24, 2.45) is 0 Å². The Hall–Kier alpha value is -3.39. The smallest absolute Gasteiger partial charge is 0.155 e. The molecule has 0 N–H and O–H groups in total. The van der Waals surface area contributed by atoms with Gasteiger partial charge in [-0.1, -0.05) is 34.1 Å². The summed E-state index contributed by atoms with van der Waals surface area (Å²) in [6, 6.07) is 15.9. The molecule has 1 aliphatic heterocycles. The van der Waals surface area contributed by atoms with E-state index in [0.717, 1.165) is 65.3 Å². The molecule has 8 heteroatoms. The molecule has 0 atom stereocenters. The zero-order valence-electron chi connectivity index (χ0n) is 17.6. The summed E-state index contributed by atoms with van der Waals surface area (Å²) < 4.78 is 8.10. The molecule has 0 spiro atoms. The first-order chi connectivity index (χ1) is 15.7. The molecule has 32 heavy (non-hydrogen) atoms. The lowest BCUT2D eigenvalue weighted by atomic mass is 10.1. The number of hydrogen-bond donors (Lipinski definition) is 0. The van der Waals surface area contributed by atoms with Crippen LogP contribution in [-0.4, -0.2) is 54.2 Å². The van der Waals surface area contributed by atoms with Crippen LogP contribution in [0.15, 0.2) is 65.4 Å². The number of anilines is 2. The van der Waals surface area contributed by atoms with Crippen molar-refractivity contribution >= 4 is 39.2 Å². The number of methoxy groups -OCH3 is 1. The molecule has 1 fully saturated rings. The topological polar surface area (TPSA) is 63.0 Å². The van der Waals surface area contributed by atoms with Crippen LogP contribution in [0.25, 0.3) is 16.8 Å². The minimum Gasteiger partial charge on any atom is -0.497 e. The molecule has 5 rings (SSSR count). The van der Waals surface area contributed by atoms with Gasteiger partial charge in [0.15, 0.2) is 12.1 Å². The van der Waals surface area contributed by atoms with E-state index >= 15 is 0 Å². The summed E-state index contributed by atoms with van der Waals surface area (Å²) in [5, 5.41) is 4.70. The van der Waals surface area contributed by atoms with Crippen molar-refractivity contribution in [3.8, 4) is 17.0 Å². The van der Waals surface area contributed by atoms with E-state index in [9.17, 15) is 4.79 Å². The number of ether oxygens (including phenoxy) is 1. The number of benzene rings is 2. The number of fused-ring (bicyclic) bond motifs is 1. The van der Waals surface area contributed by atoms with E-state index in [1.165, 1.54) is 0 Å². The Kier molecular flexibility index (Phi) is 5.53. The molecule has 1 aliphatic rings. The minimum absolute atomic E-state index is 0.561. The molecule has 0 bridgehead atoms. The third-order valence-corrected chi connectivity index (χ3v) is 6.33. The van der Waals surface area contributed by atoms with E-state index in [4.69, 9.17) is 9.84 Å². The zero-order valence-corrected chi connectivity index (χ0v) is 19.2. The van der Waals surface area contributed by atoms with Crippen LogP contribution in [0, 0.1) is 0 Å². The minimum atomic E-state index is 0.561. The number of aldehydes is 1. The number of halogens is 1. The average Bonchev–Trinajstić information content (AvgIpc) is 3.23. The monoisotopic (exact) mass is 491 g/mol. The summed E-state index contributed by atoms with van der Waals surface area (Å²) >= 11 is 3.46. The van der Waals surface area contributed by atoms with Gasteiger partial charge in [-0.2, -0.15) is 5.10 Å². The summed E-state index contributed by atoms with van der Waals surface area (Å²) in [7, 11) is 1.68. The number of nitrogens with zero attached hydrogens (tertiary/aromatic N) is 5. The van der Waals surface area contributed by atoms with Crippen molar-refractivity contribution in [2.45, 2.75) is 0 Å². The van der Waals surface area contributed by atoms with Crippen LogP contribution in [0.3, 0.4) is 0 Å². The predicted molar refractivity (Wildman–Crippen MR) is 129 cm³/mol. The second-order valence-electron chi connectivity index (χ2n) is 7.61. The Balaban J connectivity index is 1.46. The molecule has 0 aliphatic carbocycles. The van der Waals surface area contributed by atoms with Gasteiger partial charge in [-0.05, 0) is 24.3 Å². The summed E-state index contributed by atoms with van der Waals surface area (Å²) in [6.07, 6.45) is 4.42. The normalized spacial score (nSPS) is 14.1. The first-order valence-corrected chi connectivity index (χ1v) is 11.2. The SMILES string of the molecule is COc1cccc(N2CCN(c3nccn4nc(-c5ccc(Br)cc5)c(C=O)c34)CC2)c1. The van der Waals surface area contributed by atoms with Gasteiger partial charge in [0.2, 0.25) is 0 Å². The third kappa shape index (κ3) is 3.71. The molecule has 2 aromatic carbocycles. The number of aromatic nitrogens is 3. The van der Waals surface area contributed by atoms with Gasteiger partial charge in [0, 0.05) is 60.4 Å². The van der Waals surface area contributed by atoms with Crippen LogP contribution in [0.2, 0.25) is 0 Å². The van der Waals surface area contributed by atoms with E-state index in [1.807, 2.05) is 36.4 Å². The van der Waals surface area contributed by atoms with Crippen molar-refractivity contribution in [3.05, 3.63) is 71.0 Å². The molecule has 2 aromatic heterocycles. The third-order valence-electron chi connectivity index (χ3n) is 5.80. The standard InChI is InChI=1S/C24H22BrN5O2/c1-32-20-4-2-3-19(15-20)28-11-13-29(14-12-28)24-23-21(16-31)22(27-30(23)10-9-26-24)17-5-7-18(25)8-6-17/h2-10,15-16H,11-14H2,1H3. The molecule has 7 nitrogen and oxygen atoms in total. The first kappa shape index (κ1) is 20.5. The largest absolute Gasteiger partial charge is 0.497 e. The summed E-state index contributed by atoms with van der Waals surface area (Å²) in [4.78, 5) is 21.4. The highest BCUT2D eigenvalue weighted by Crippen LogP contribution is 2.31. The van der Waals surface area contributed by atoms with Gasteiger partial charge in [0.1, 0.15) is 17.0 Å². The lowest BCUT2D eigenvalue weighted by Gasteiger charge is -2.37. The molecule has 4 aromatic rings. The molecule has 3 heterocycles. The van der Waals surface area contributed by atoms with E-state index in [-0.39, 0.29) is 0 Å². The molecular formula is C24H22BrN5O2. The Labute approximate surface area is 194 Å². The van der Waals surface area contributed by atoms with Crippen molar-refractivity contribution in [1.82, 2.24) is 14.6 Å². The Morgan fingerprint density at radius 2 is 1.78 bits per heavy atom. The van der Waals surface area contributed by atoms with Gasteiger partial charge in [0.05, 0.1) is 12.7 Å². The van der Waals surface area contributed by atoms with Gasteiger partial charge >= 0.3 is 0 Å². The first-order valence-electron chi connectivity index (χ1n) is 10.4. The molecule has 0 saturated carbocycles. The molecule has 1 saturated heterocycles. The van der Waals surface area contributed by atoms with Crippen LogP contribution in [0.5, 0.6) is 5.75 Å². The van der Waals surface area contributed by atoms with Gasteiger partial charge < -0.3 is 14.5 Å². The zero-order chi connectivity index (χ0) is 22.1. The quantitative estimate of drug-likeness (QED) is 0.387. The van der Waals surface area contributed by atoms with Gasteiger partial charge in [-0.3, -0.25) is 4.79 Å². The number of hydrogen-bond acceptors (Lipinski definition) is 6. The van der Waals surface area contributed by atoms with E-state index in [2.05, 4.69) is 42.8 Å². The highest BCUT2D eigenvalue weighted by atomic mass is 79.9. The van der Waals surface area contributed by atoms with Crippen LogP contribution >= 0.6 is 15.9 Å². The Morgan fingerprint density at radius 3 is 2.50 bits per heavy atom. The van der Waals surface area contributed by atoms with Crippen LogP contribution in [0.1, 0.15) is 10.4 Å². The molecule has 0 amide bonds. The summed E-state index contributed by atoms with van der Waals surface area (Å²) in [5.41, 5.74) is 4.01. The molecule has 0 radical (unpaired) electrons. The number of piperazine rings is 1. The van der Waals surface area contributed by atoms with Gasteiger partial charge in [0.25, 0.3) is 0 Å². The highest BCUT2D eigenvalue weighted by molar-refractivity contribution is 9.10. The maximum atomic E-state index is 12.1. The lowest BCUT2D eigenvalue weighted by Crippen LogP contribution is -2.47. The molecule has 0 unspecified atom stereocenters. The van der Waals surface area contributed by atoms with Gasteiger partial charge in [-0.25, -0.2) is 9.50 Å². The molecular weight excluding hydrogens is 470 g/mol. The lowest BCUT2D eigenvalue weighted by molar-refractivity contribution is 0.112. The second-order valence-corrected chi connectivity index (χ2v) is 8.52.